The topological polar surface area (TPSA) is 30.0 Å². The normalized spacial score (nSPS) is 12.3. The highest BCUT2D eigenvalue weighted by atomic mass is 31.2. The van der Waals surface area contributed by atoms with E-state index >= 15 is 0 Å². The Labute approximate surface area is 129 Å². The van der Waals surface area contributed by atoms with Crippen molar-refractivity contribution in [3.8, 4) is 0 Å². The van der Waals surface area contributed by atoms with Gasteiger partial charge in [0.25, 0.3) is 0 Å². The summed E-state index contributed by atoms with van der Waals surface area (Å²) in [4.78, 5) is 4.86. The standard InChI is InChI=1S/C19H16NOP/c1-22(2,21)19-15-9-5-6-10-17(15)20-18-14-8-4-3-7-13(14)11-12-16(18)19/h3-12H,1-2H3. The first-order chi connectivity index (χ1) is 10.6. The molecule has 0 saturated heterocycles. The van der Waals surface area contributed by atoms with Crippen LogP contribution in [0.1, 0.15) is 0 Å². The largest absolute Gasteiger partial charge is 0.319 e. The monoisotopic (exact) mass is 305 g/mol. The molecule has 0 fully saturated rings. The maximum Gasteiger partial charge on any atom is 0.111 e. The third kappa shape index (κ3) is 1.95. The van der Waals surface area contributed by atoms with Crippen molar-refractivity contribution in [3.05, 3.63) is 60.7 Å². The molecule has 4 rings (SSSR count). The van der Waals surface area contributed by atoms with Gasteiger partial charge in [-0.05, 0) is 24.8 Å². The Morgan fingerprint density at radius 3 is 2.23 bits per heavy atom. The van der Waals surface area contributed by atoms with E-state index in [1.54, 1.807) is 0 Å². The molecular formula is C19H16NOP. The van der Waals surface area contributed by atoms with Gasteiger partial charge in [0.05, 0.1) is 11.0 Å². The van der Waals surface area contributed by atoms with Gasteiger partial charge >= 0.3 is 0 Å². The van der Waals surface area contributed by atoms with Crippen molar-refractivity contribution in [2.75, 3.05) is 13.3 Å². The average molecular weight is 305 g/mol. The number of rotatable bonds is 1. The van der Waals surface area contributed by atoms with Crippen LogP contribution in [0.5, 0.6) is 0 Å². The Morgan fingerprint density at radius 2 is 1.45 bits per heavy atom. The fraction of sp³-hybridized carbons (Fsp3) is 0.105. The highest BCUT2D eigenvalue weighted by Gasteiger charge is 2.20. The van der Waals surface area contributed by atoms with Crippen molar-refractivity contribution in [1.82, 2.24) is 4.98 Å². The van der Waals surface area contributed by atoms with Gasteiger partial charge in [-0.15, -0.1) is 0 Å². The van der Waals surface area contributed by atoms with Crippen LogP contribution in [0.4, 0.5) is 0 Å². The molecule has 0 bridgehead atoms. The van der Waals surface area contributed by atoms with Crippen LogP contribution in [0.15, 0.2) is 60.7 Å². The molecule has 3 aromatic carbocycles. The molecule has 1 heterocycles. The van der Waals surface area contributed by atoms with Gasteiger partial charge in [-0.3, -0.25) is 0 Å². The smallest absolute Gasteiger partial charge is 0.111 e. The summed E-state index contributed by atoms with van der Waals surface area (Å²) in [5, 5.41) is 5.22. The minimum Gasteiger partial charge on any atom is -0.319 e. The maximum absolute atomic E-state index is 13.0. The molecule has 3 heteroatoms. The summed E-state index contributed by atoms with van der Waals surface area (Å²) < 4.78 is 13.0. The molecule has 0 aliphatic rings. The number of fused-ring (bicyclic) bond motifs is 4. The van der Waals surface area contributed by atoms with Crippen molar-refractivity contribution >= 4 is 45.0 Å². The van der Waals surface area contributed by atoms with Crippen LogP contribution in [0, 0.1) is 0 Å². The van der Waals surface area contributed by atoms with E-state index in [0.29, 0.717) is 0 Å². The Balaban J connectivity index is 2.34. The van der Waals surface area contributed by atoms with E-state index in [4.69, 9.17) is 4.98 Å². The second kappa shape index (κ2) is 4.66. The number of pyridine rings is 1. The number of hydrogen-bond donors (Lipinski definition) is 0. The predicted octanol–water partition coefficient (Wildman–Crippen LogP) is 4.79. The Hall–Kier alpha value is -2.18. The predicted molar refractivity (Wildman–Crippen MR) is 95.8 cm³/mol. The summed E-state index contributed by atoms with van der Waals surface area (Å²) in [6, 6.07) is 20.3. The van der Waals surface area contributed by atoms with Crippen LogP contribution in [-0.4, -0.2) is 18.3 Å². The van der Waals surface area contributed by atoms with Crippen LogP contribution >= 0.6 is 7.14 Å². The van der Waals surface area contributed by atoms with E-state index in [0.717, 1.165) is 37.9 Å². The number of aromatic nitrogens is 1. The first kappa shape index (κ1) is 13.5. The lowest BCUT2D eigenvalue weighted by Gasteiger charge is -2.15. The molecule has 22 heavy (non-hydrogen) atoms. The number of para-hydroxylation sites is 1. The van der Waals surface area contributed by atoms with Gasteiger partial charge in [-0.2, -0.15) is 0 Å². The molecule has 0 N–H and O–H groups in total. The van der Waals surface area contributed by atoms with Gasteiger partial charge < -0.3 is 4.57 Å². The first-order valence-corrected chi connectivity index (χ1v) is 9.91. The second-order valence-corrected chi connectivity index (χ2v) is 9.16. The summed E-state index contributed by atoms with van der Waals surface area (Å²) in [6.45, 7) is 3.67. The van der Waals surface area contributed by atoms with Gasteiger partial charge in [0.2, 0.25) is 0 Å². The minimum atomic E-state index is -2.43. The Morgan fingerprint density at radius 1 is 0.773 bits per heavy atom. The molecule has 0 spiro atoms. The fourth-order valence-corrected chi connectivity index (χ4v) is 4.71. The Bertz CT molecular complexity index is 1080. The minimum absolute atomic E-state index is 0.908. The van der Waals surface area contributed by atoms with Crippen LogP contribution in [-0.2, 0) is 4.57 Å². The summed E-state index contributed by atoms with van der Waals surface area (Å²) >= 11 is 0. The molecule has 0 aliphatic carbocycles. The van der Waals surface area contributed by atoms with Crippen molar-refractivity contribution in [1.29, 1.82) is 0 Å². The number of nitrogens with zero attached hydrogens (tertiary/aromatic N) is 1. The summed E-state index contributed by atoms with van der Waals surface area (Å²) in [7, 11) is -2.43. The van der Waals surface area contributed by atoms with Gasteiger partial charge in [-0.25, -0.2) is 4.98 Å². The van der Waals surface area contributed by atoms with Crippen LogP contribution in [0.3, 0.4) is 0 Å². The lowest BCUT2D eigenvalue weighted by atomic mass is 10.0. The lowest BCUT2D eigenvalue weighted by Crippen LogP contribution is -2.08. The Kier molecular flexibility index (Phi) is 2.85. The molecule has 4 aromatic rings. The third-order valence-corrected chi connectivity index (χ3v) is 5.64. The molecule has 0 aliphatic heterocycles. The highest BCUT2D eigenvalue weighted by molar-refractivity contribution is 7.71. The molecular weight excluding hydrogens is 289 g/mol. The summed E-state index contributed by atoms with van der Waals surface area (Å²) in [6.07, 6.45) is 0. The fourth-order valence-electron chi connectivity index (χ4n) is 3.18. The van der Waals surface area contributed by atoms with Crippen molar-refractivity contribution in [3.63, 3.8) is 0 Å². The summed E-state index contributed by atoms with van der Waals surface area (Å²) in [5.74, 6) is 0. The molecule has 0 amide bonds. The number of hydrogen-bond acceptors (Lipinski definition) is 2. The zero-order valence-corrected chi connectivity index (χ0v) is 13.5. The quantitative estimate of drug-likeness (QED) is 0.287. The van der Waals surface area contributed by atoms with E-state index < -0.39 is 7.14 Å². The van der Waals surface area contributed by atoms with Crippen LogP contribution in [0.2, 0.25) is 0 Å². The van der Waals surface area contributed by atoms with Crippen LogP contribution in [0.25, 0.3) is 32.6 Å². The molecule has 108 valence electrons. The molecule has 1 aromatic heterocycles. The van der Waals surface area contributed by atoms with Crippen molar-refractivity contribution in [2.45, 2.75) is 0 Å². The van der Waals surface area contributed by atoms with E-state index in [1.165, 1.54) is 0 Å². The maximum atomic E-state index is 13.0. The zero-order valence-electron chi connectivity index (χ0n) is 12.6. The molecule has 0 saturated carbocycles. The van der Waals surface area contributed by atoms with Crippen molar-refractivity contribution in [2.24, 2.45) is 0 Å². The third-order valence-electron chi connectivity index (χ3n) is 4.09. The average Bonchev–Trinajstić information content (AvgIpc) is 2.51. The van der Waals surface area contributed by atoms with Crippen LogP contribution < -0.4 is 5.30 Å². The molecule has 0 atom stereocenters. The molecule has 2 nitrogen and oxygen atoms in total. The zero-order chi connectivity index (χ0) is 15.3. The van der Waals surface area contributed by atoms with Gasteiger partial charge in [0.1, 0.15) is 7.14 Å². The lowest BCUT2D eigenvalue weighted by molar-refractivity contribution is 0.588. The van der Waals surface area contributed by atoms with E-state index in [2.05, 4.69) is 24.3 Å². The second-order valence-electron chi connectivity index (χ2n) is 6.01. The SMILES string of the molecule is CP(C)(=O)c1c2ccccc2nc2c1ccc1ccccc12. The van der Waals surface area contributed by atoms with E-state index in [9.17, 15) is 4.57 Å². The summed E-state index contributed by atoms with van der Waals surface area (Å²) in [5.41, 5.74) is 1.85. The molecule has 0 unspecified atom stereocenters. The van der Waals surface area contributed by atoms with Gasteiger partial charge in [0.15, 0.2) is 0 Å². The first-order valence-electron chi connectivity index (χ1n) is 7.31. The van der Waals surface area contributed by atoms with E-state index in [-0.39, 0.29) is 0 Å². The van der Waals surface area contributed by atoms with Gasteiger partial charge in [-0.1, -0.05) is 54.6 Å². The number of benzene rings is 3. The highest BCUT2D eigenvalue weighted by Crippen LogP contribution is 2.41. The van der Waals surface area contributed by atoms with Gasteiger partial charge in [0, 0.05) is 21.5 Å². The van der Waals surface area contributed by atoms with Crippen molar-refractivity contribution < 1.29 is 4.57 Å². The molecule has 0 radical (unpaired) electrons. The van der Waals surface area contributed by atoms with E-state index in [1.807, 2.05) is 49.7 Å².